The van der Waals surface area contributed by atoms with Crippen LogP contribution in [0.15, 0.2) is 0 Å². The van der Waals surface area contributed by atoms with Crippen LogP contribution < -0.4 is 0 Å². The Morgan fingerprint density at radius 1 is 0.900 bits per heavy atom. The van der Waals surface area contributed by atoms with Gasteiger partial charge in [-0.3, -0.25) is 0 Å². The molecule has 0 fully saturated rings. The van der Waals surface area contributed by atoms with E-state index in [4.69, 9.17) is 0 Å². The van der Waals surface area contributed by atoms with Crippen molar-refractivity contribution in [2.45, 2.75) is 54.4 Å². The monoisotopic (exact) mass is 144 g/mol. The summed E-state index contributed by atoms with van der Waals surface area (Å²) in [6, 6.07) is 0. The summed E-state index contributed by atoms with van der Waals surface area (Å²) < 4.78 is 0. The molecule has 10 heavy (non-hydrogen) atoms. The van der Waals surface area contributed by atoms with Gasteiger partial charge in [-0.15, -0.1) is 0 Å². The summed E-state index contributed by atoms with van der Waals surface area (Å²) in [5, 5.41) is 0. The van der Waals surface area contributed by atoms with Crippen LogP contribution >= 0.6 is 0 Å². The molecule has 0 saturated heterocycles. The van der Waals surface area contributed by atoms with Crippen molar-refractivity contribution in [3.63, 3.8) is 0 Å². The third-order valence-corrected chi connectivity index (χ3v) is 2.20. The minimum Gasteiger partial charge on any atom is -0.0776 e. The van der Waals surface area contributed by atoms with Crippen molar-refractivity contribution < 1.29 is 0 Å². The van der Waals surface area contributed by atoms with E-state index in [9.17, 15) is 0 Å². The molecule has 0 aliphatic carbocycles. The summed E-state index contributed by atoms with van der Waals surface area (Å²) in [4.78, 5) is 0. The molecule has 0 heterocycles. The molecule has 0 amide bonds. The van der Waals surface area contributed by atoms with E-state index in [0.29, 0.717) is 0 Å². The maximum absolute atomic E-state index is 2.34. The third-order valence-electron chi connectivity index (χ3n) is 2.20. The van der Waals surface area contributed by atoms with Gasteiger partial charge in [0.05, 0.1) is 0 Å². The molecule has 0 aromatic rings. The van der Waals surface area contributed by atoms with E-state index in [1.54, 1.807) is 0 Å². The van der Waals surface area contributed by atoms with Gasteiger partial charge in [0, 0.05) is 0 Å². The average Bonchev–Trinajstić information content (AvgIpc) is 1.87. The first kappa shape index (κ1) is 12.7. The molecule has 0 saturated carbocycles. The number of hydrogen-bond donors (Lipinski definition) is 0. The van der Waals surface area contributed by atoms with Crippen LogP contribution in [0.4, 0.5) is 0 Å². The second-order valence-electron chi connectivity index (χ2n) is 3.26. The Balaban J connectivity index is 0. The van der Waals surface area contributed by atoms with Crippen LogP contribution in [0.3, 0.4) is 0 Å². The van der Waals surface area contributed by atoms with Crippen molar-refractivity contribution >= 4 is 0 Å². The van der Waals surface area contributed by atoms with E-state index in [1.165, 1.54) is 19.3 Å². The minimum absolute atomic E-state index is 0. The van der Waals surface area contributed by atoms with Gasteiger partial charge in [0.2, 0.25) is 0 Å². The molecule has 0 nitrogen and oxygen atoms in total. The number of rotatable bonds is 4. The minimum atomic E-state index is 0. The molecule has 0 spiro atoms. The lowest BCUT2D eigenvalue weighted by atomic mass is 9.94. The van der Waals surface area contributed by atoms with Gasteiger partial charge in [-0.25, -0.2) is 0 Å². The molecule has 0 radical (unpaired) electrons. The third kappa shape index (κ3) is 6.12. The molecule has 0 aromatic heterocycles. The highest BCUT2D eigenvalue weighted by Crippen LogP contribution is 2.16. The fourth-order valence-corrected chi connectivity index (χ4v) is 1.02. The molecule has 64 valence electrons. The molecule has 0 N–H and O–H groups in total. The van der Waals surface area contributed by atoms with Gasteiger partial charge in [0.25, 0.3) is 0 Å². The molecule has 0 bridgehead atoms. The highest BCUT2D eigenvalue weighted by molar-refractivity contribution is 4.55. The second-order valence-corrected chi connectivity index (χ2v) is 3.26. The van der Waals surface area contributed by atoms with Crippen LogP contribution in [0.25, 0.3) is 0 Å². The Hall–Kier alpha value is 0. The largest absolute Gasteiger partial charge is 0.0776 e. The maximum atomic E-state index is 2.34. The average molecular weight is 144 g/mol. The van der Waals surface area contributed by atoms with Gasteiger partial charge in [0.15, 0.2) is 0 Å². The summed E-state index contributed by atoms with van der Waals surface area (Å²) in [7, 11) is 0. The lowest BCUT2D eigenvalue weighted by Gasteiger charge is -2.12. The van der Waals surface area contributed by atoms with Crippen molar-refractivity contribution in [3.8, 4) is 0 Å². The standard InChI is InChI=1S/C9H20.CH4/c1-5-8(3)7-9(4)6-2;/h8-9H,5-7H2,1-4H3;1H4/t8-,9+;. The smallest absolute Gasteiger partial charge is 0.0443 e. The lowest BCUT2D eigenvalue weighted by Crippen LogP contribution is -2.00. The summed E-state index contributed by atoms with van der Waals surface area (Å²) in [5.41, 5.74) is 0. The molecular formula is C10H24. The van der Waals surface area contributed by atoms with Crippen molar-refractivity contribution in [3.05, 3.63) is 0 Å². The van der Waals surface area contributed by atoms with E-state index in [0.717, 1.165) is 11.8 Å². The highest BCUT2D eigenvalue weighted by Gasteiger charge is 2.03. The molecule has 0 heteroatoms. The summed E-state index contributed by atoms with van der Waals surface area (Å²) >= 11 is 0. The van der Waals surface area contributed by atoms with E-state index >= 15 is 0 Å². The molecule has 0 aliphatic heterocycles. The zero-order valence-corrected chi connectivity index (χ0v) is 7.28. The first-order valence-electron chi connectivity index (χ1n) is 4.20. The molecule has 0 aromatic carbocycles. The van der Waals surface area contributed by atoms with E-state index < -0.39 is 0 Å². The zero-order chi connectivity index (χ0) is 7.28. The first-order valence-corrected chi connectivity index (χ1v) is 4.20. The summed E-state index contributed by atoms with van der Waals surface area (Å²) in [5.74, 6) is 1.86. The van der Waals surface area contributed by atoms with Crippen LogP contribution in [0.2, 0.25) is 0 Å². The fourth-order valence-electron chi connectivity index (χ4n) is 1.02. The molecule has 2 atom stereocenters. The van der Waals surface area contributed by atoms with Gasteiger partial charge < -0.3 is 0 Å². The summed E-state index contributed by atoms with van der Waals surface area (Å²) in [6.07, 6.45) is 4.08. The molecule has 0 unspecified atom stereocenters. The van der Waals surface area contributed by atoms with Crippen molar-refractivity contribution in [2.24, 2.45) is 11.8 Å². The normalized spacial score (nSPS) is 15.6. The quantitative estimate of drug-likeness (QED) is 0.557. The Morgan fingerprint density at radius 2 is 1.20 bits per heavy atom. The summed E-state index contributed by atoms with van der Waals surface area (Å²) in [6.45, 7) is 9.22. The molecule has 0 aliphatic rings. The van der Waals surface area contributed by atoms with Crippen LogP contribution in [0, 0.1) is 11.8 Å². The zero-order valence-electron chi connectivity index (χ0n) is 7.28. The van der Waals surface area contributed by atoms with E-state index in [1.807, 2.05) is 0 Å². The Bertz CT molecular complexity index is 49.1. The highest BCUT2D eigenvalue weighted by atomic mass is 14.1. The van der Waals surface area contributed by atoms with Crippen molar-refractivity contribution in [1.82, 2.24) is 0 Å². The predicted octanol–water partition coefficient (Wildman–Crippen LogP) is 4.10. The maximum Gasteiger partial charge on any atom is -0.0443 e. The van der Waals surface area contributed by atoms with Gasteiger partial charge in [-0.05, 0) is 18.3 Å². The van der Waals surface area contributed by atoms with E-state index in [-0.39, 0.29) is 7.43 Å². The van der Waals surface area contributed by atoms with Crippen LogP contribution in [-0.2, 0) is 0 Å². The van der Waals surface area contributed by atoms with Crippen LogP contribution in [0.5, 0.6) is 0 Å². The fraction of sp³-hybridized carbons (Fsp3) is 1.00. The number of hydrogen-bond acceptors (Lipinski definition) is 0. The Kier molecular flexibility index (Phi) is 9.00. The van der Waals surface area contributed by atoms with Gasteiger partial charge in [-0.2, -0.15) is 0 Å². The predicted molar refractivity (Wildman–Crippen MR) is 50.3 cm³/mol. The topological polar surface area (TPSA) is 0 Å². The molecular weight excluding hydrogens is 120 g/mol. The van der Waals surface area contributed by atoms with Crippen LogP contribution in [-0.4, -0.2) is 0 Å². The van der Waals surface area contributed by atoms with Gasteiger partial charge in [0.1, 0.15) is 0 Å². The van der Waals surface area contributed by atoms with E-state index in [2.05, 4.69) is 27.7 Å². The Labute approximate surface area is 67.0 Å². The Morgan fingerprint density at radius 3 is 1.40 bits per heavy atom. The van der Waals surface area contributed by atoms with Crippen molar-refractivity contribution in [1.29, 1.82) is 0 Å². The SMILES string of the molecule is C.CC[C@@H](C)C[C@@H](C)CC. The second kappa shape index (κ2) is 7.11. The van der Waals surface area contributed by atoms with Gasteiger partial charge in [-0.1, -0.05) is 48.0 Å². The van der Waals surface area contributed by atoms with Crippen LogP contribution in [0.1, 0.15) is 54.4 Å². The molecule has 0 rings (SSSR count). The first-order chi connectivity index (χ1) is 4.20. The van der Waals surface area contributed by atoms with Crippen molar-refractivity contribution in [2.75, 3.05) is 0 Å². The van der Waals surface area contributed by atoms with Gasteiger partial charge >= 0.3 is 0 Å². The lowest BCUT2D eigenvalue weighted by molar-refractivity contribution is 0.397.